The summed E-state index contributed by atoms with van der Waals surface area (Å²) < 4.78 is 0.830. The van der Waals surface area contributed by atoms with Crippen molar-refractivity contribution in [3.63, 3.8) is 0 Å². The number of hydrogen-bond acceptors (Lipinski definition) is 1. The minimum Gasteiger partial charge on any atom is -0.362 e. The van der Waals surface area contributed by atoms with Crippen molar-refractivity contribution < 1.29 is 0 Å². The van der Waals surface area contributed by atoms with Gasteiger partial charge in [-0.15, -0.1) is 0 Å². The van der Waals surface area contributed by atoms with Crippen molar-refractivity contribution >= 4 is 50.5 Å². The van der Waals surface area contributed by atoms with Crippen LogP contribution in [0.25, 0.3) is 0 Å². The molecule has 0 atom stereocenters. The lowest BCUT2D eigenvalue weighted by atomic mass is 10.3. The van der Waals surface area contributed by atoms with E-state index in [2.05, 4.69) is 33.5 Å². The maximum absolute atomic E-state index is 5.97. The molecule has 0 aliphatic rings. The summed E-state index contributed by atoms with van der Waals surface area (Å²) in [7, 11) is 0. The number of thiocarbonyl (C=S) groups is 1. The maximum atomic E-state index is 5.97. The Kier molecular flexibility index (Phi) is 6.09. The van der Waals surface area contributed by atoms with Crippen LogP contribution in [0.3, 0.4) is 0 Å². The summed E-state index contributed by atoms with van der Waals surface area (Å²) in [6, 6.07) is 5.62. The Balaban J connectivity index is 2.53. The summed E-state index contributed by atoms with van der Waals surface area (Å²) in [6.07, 6.45) is 2.26. The average Bonchev–Trinajstić information content (AvgIpc) is 2.25. The zero-order valence-electron chi connectivity index (χ0n) is 9.02. The fourth-order valence-corrected chi connectivity index (χ4v) is 1.90. The molecule has 0 aromatic heterocycles. The van der Waals surface area contributed by atoms with E-state index in [0.717, 1.165) is 29.5 Å². The van der Waals surface area contributed by atoms with E-state index < -0.39 is 0 Å². The molecule has 2 N–H and O–H groups in total. The van der Waals surface area contributed by atoms with E-state index in [-0.39, 0.29) is 0 Å². The molecule has 1 rings (SSSR count). The van der Waals surface area contributed by atoms with Gasteiger partial charge in [-0.25, -0.2) is 0 Å². The first-order valence-corrected chi connectivity index (χ1v) is 6.72. The van der Waals surface area contributed by atoms with Gasteiger partial charge in [-0.05, 0) is 46.7 Å². The largest absolute Gasteiger partial charge is 0.362 e. The lowest BCUT2D eigenvalue weighted by molar-refractivity contribution is 0.758. The Morgan fingerprint density at radius 2 is 2.25 bits per heavy atom. The van der Waals surface area contributed by atoms with Crippen molar-refractivity contribution in [3.8, 4) is 0 Å². The van der Waals surface area contributed by atoms with Gasteiger partial charge in [0.15, 0.2) is 5.11 Å². The molecule has 0 aliphatic carbocycles. The number of nitrogens with one attached hydrogen (secondary N) is 2. The second-order valence-electron chi connectivity index (χ2n) is 3.34. The van der Waals surface area contributed by atoms with Gasteiger partial charge in [0.05, 0.1) is 15.2 Å². The molecule has 0 radical (unpaired) electrons. The summed E-state index contributed by atoms with van der Waals surface area (Å²) in [5.74, 6) is 0. The summed E-state index contributed by atoms with van der Waals surface area (Å²) in [6.45, 7) is 3.03. The van der Waals surface area contributed by atoms with Crippen LogP contribution in [0.5, 0.6) is 0 Å². The van der Waals surface area contributed by atoms with E-state index in [4.69, 9.17) is 23.8 Å². The molecule has 0 spiro atoms. The van der Waals surface area contributed by atoms with Crippen LogP contribution in [0, 0.1) is 0 Å². The molecule has 0 bridgehead atoms. The van der Waals surface area contributed by atoms with Crippen molar-refractivity contribution in [1.82, 2.24) is 5.32 Å². The van der Waals surface area contributed by atoms with Crippen LogP contribution in [-0.2, 0) is 0 Å². The van der Waals surface area contributed by atoms with E-state index >= 15 is 0 Å². The molecule has 0 heterocycles. The van der Waals surface area contributed by atoms with Crippen LogP contribution in [0.15, 0.2) is 22.7 Å². The molecule has 0 amide bonds. The highest BCUT2D eigenvalue weighted by atomic mass is 79.9. The predicted molar refractivity (Wildman–Crippen MR) is 78.3 cm³/mol. The Hall–Kier alpha value is -0.320. The molecule has 5 heteroatoms. The fourth-order valence-electron chi connectivity index (χ4n) is 1.15. The van der Waals surface area contributed by atoms with Crippen LogP contribution >= 0.6 is 39.7 Å². The molecule has 1 aromatic carbocycles. The van der Waals surface area contributed by atoms with Gasteiger partial charge in [-0.2, -0.15) is 0 Å². The lowest BCUT2D eigenvalue weighted by Gasteiger charge is -2.11. The highest BCUT2D eigenvalue weighted by molar-refractivity contribution is 9.10. The van der Waals surface area contributed by atoms with E-state index in [9.17, 15) is 0 Å². The van der Waals surface area contributed by atoms with Crippen molar-refractivity contribution in [2.24, 2.45) is 0 Å². The quantitative estimate of drug-likeness (QED) is 0.642. The number of rotatable bonds is 4. The molecule has 0 unspecified atom stereocenters. The van der Waals surface area contributed by atoms with E-state index in [1.54, 1.807) is 0 Å². The van der Waals surface area contributed by atoms with Gasteiger partial charge < -0.3 is 10.6 Å². The summed E-state index contributed by atoms with van der Waals surface area (Å²) in [4.78, 5) is 0. The molecular weight excluding hydrogens is 308 g/mol. The Bertz CT molecular complexity index is 371. The van der Waals surface area contributed by atoms with Crippen LogP contribution in [0.4, 0.5) is 5.69 Å². The SMILES string of the molecule is CCCCNC(=S)Nc1cccc(Cl)c1Br. The van der Waals surface area contributed by atoms with E-state index in [0.29, 0.717) is 10.1 Å². The summed E-state index contributed by atoms with van der Waals surface area (Å²) in [5.41, 5.74) is 0.876. The highest BCUT2D eigenvalue weighted by Gasteiger charge is 2.04. The first kappa shape index (κ1) is 13.7. The first-order chi connectivity index (χ1) is 7.65. The average molecular weight is 322 g/mol. The molecule has 0 fully saturated rings. The standard InChI is InChI=1S/C11H14BrClN2S/c1-2-3-7-14-11(16)15-9-6-4-5-8(13)10(9)12/h4-6H,2-3,7H2,1H3,(H2,14,15,16). The van der Waals surface area contributed by atoms with Gasteiger partial charge in [0.1, 0.15) is 0 Å². The minimum absolute atomic E-state index is 0.622. The van der Waals surface area contributed by atoms with Crippen LogP contribution in [0.2, 0.25) is 5.02 Å². The molecule has 88 valence electrons. The monoisotopic (exact) mass is 320 g/mol. The minimum atomic E-state index is 0.622. The highest BCUT2D eigenvalue weighted by Crippen LogP contribution is 2.29. The number of halogens is 2. The number of unbranched alkanes of at least 4 members (excludes halogenated alkanes) is 1. The summed E-state index contributed by atoms with van der Waals surface area (Å²) >= 11 is 14.5. The van der Waals surface area contributed by atoms with Gasteiger partial charge in [-0.3, -0.25) is 0 Å². The topological polar surface area (TPSA) is 24.1 Å². The third kappa shape index (κ3) is 4.28. The number of benzene rings is 1. The molecule has 0 saturated carbocycles. The van der Waals surface area contributed by atoms with Crippen LogP contribution < -0.4 is 10.6 Å². The Morgan fingerprint density at radius 1 is 1.50 bits per heavy atom. The normalized spacial score (nSPS) is 9.94. The molecule has 2 nitrogen and oxygen atoms in total. The van der Waals surface area contributed by atoms with Crippen LogP contribution in [-0.4, -0.2) is 11.7 Å². The lowest BCUT2D eigenvalue weighted by Crippen LogP contribution is -2.29. The van der Waals surface area contributed by atoms with Crippen molar-refractivity contribution in [2.45, 2.75) is 19.8 Å². The smallest absolute Gasteiger partial charge is 0.170 e. The summed E-state index contributed by atoms with van der Waals surface area (Å²) in [5, 5.41) is 7.52. The van der Waals surface area contributed by atoms with Crippen molar-refractivity contribution in [2.75, 3.05) is 11.9 Å². The van der Waals surface area contributed by atoms with Gasteiger partial charge in [0.25, 0.3) is 0 Å². The molecule has 0 aliphatic heterocycles. The predicted octanol–water partition coefficient (Wildman–Crippen LogP) is 4.19. The van der Waals surface area contributed by atoms with Crippen molar-refractivity contribution in [1.29, 1.82) is 0 Å². The van der Waals surface area contributed by atoms with Gasteiger partial charge >= 0.3 is 0 Å². The Morgan fingerprint density at radius 3 is 2.94 bits per heavy atom. The molecule has 1 aromatic rings. The molecular formula is C11H14BrClN2S. The zero-order valence-corrected chi connectivity index (χ0v) is 12.2. The molecule has 0 saturated heterocycles. The number of anilines is 1. The van der Waals surface area contributed by atoms with E-state index in [1.807, 2.05) is 18.2 Å². The fraction of sp³-hybridized carbons (Fsp3) is 0.364. The van der Waals surface area contributed by atoms with Gasteiger partial charge in [-0.1, -0.05) is 31.0 Å². The third-order valence-electron chi connectivity index (χ3n) is 2.02. The second-order valence-corrected chi connectivity index (χ2v) is 4.94. The molecule has 16 heavy (non-hydrogen) atoms. The first-order valence-electron chi connectivity index (χ1n) is 5.14. The second kappa shape index (κ2) is 7.09. The Labute approximate surface area is 115 Å². The zero-order chi connectivity index (χ0) is 12.0. The van der Waals surface area contributed by atoms with Gasteiger partial charge in [0, 0.05) is 6.54 Å². The third-order valence-corrected chi connectivity index (χ3v) is 3.66. The van der Waals surface area contributed by atoms with Crippen LogP contribution in [0.1, 0.15) is 19.8 Å². The maximum Gasteiger partial charge on any atom is 0.170 e. The number of hydrogen-bond donors (Lipinski definition) is 2. The van der Waals surface area contributed by atoms with E-state index in [1.165, 1.54) is 0 Å². The van der Waals surface area contributed by atoms with Gasteiger partial charge in [0.2, 0.25) is 0 Å². The van der Waals surface area contributed by atoms with Crippen molar-refractivity contribution in [3.05, 3.63) is 27.7 Å².